The molecule has 0 spiro atoms. The first-order valence-corrected chi connectivity index (χ1v) is 12.0. The van der Waals surface area contributed by atoms with E-state index in [2.05, 4.69) is 10.0 Å². The number of sulfonamides is 1. The molecule has 1 amide bonds. The van der Waals surface area contributed by atoms with Gasteiger partial charge in [0.05, 0.1) is 24.8 Å². The number of anilines is 1. The zero-order chi connectivity index (χ0) is 23.8. The van der Waals surface area contributed by atoms with Crippen LogP contribution in [0.3, 0.4) is 0 Å². The van der Waals surface area contributed by atoms with Crippen molar-refractivity contribution in [3.05, 3.63) is 83.9 Å². The number of amides is 1. The third-order valence-corrected chi connectivity index (χ3v) is 6.75. The molecule has 0 fully saturated rings. The number of hydrogen-bond donors (Lipinski definition) is 2. The van der Waals surface area contributed by atoms with Gasteiger partial charge in [-0.15, -0.1) is 0 Å². The summed E-state index contributed by atoms with van der Waals surface area (Å²) in [5.41, 5.74) is 2.31. The summed E-state index contributed by atoms with van der Waals surface area (Å²) in [6, 6.07) is 20.7. The van der Waals surface area contributed by atoms with E-state index in [1.165, 1.54) is 7.11 Å². The summed E-state index contributed by atoms with van der Waals surface area (Å²) in [5, 5.41) is 2.83. The summed E-state index contributed by atoms with van der Waals surface area (Å²) in [4.78, 5) is 12.6. The number of carbonyl (C=O) groups excluding carboxylic acids is 1. The lowest BCUT2D eigenvalue weighted by Gasteiger charge is -2.15. The second-order valence-electron chi connectivity index (χ2n) is 7.51. The number of rotatable bonds is 10. The van der Waals surface area contributed by atoms with E-state index in [0.717, 1.165) is 11.1 Å². The predicted octanol–water partition coefficient (Wildman–Crippen LogP) is 4.31. The Balaban J connectivity index is 1.57. The highest BCUT2D eigenvalue weighted by Crippen LogP contribution is 2.29. The summed E-state index contributed by atoms with van der Waals surface area (Å²) in [6.45, 7) is 1.80. The third-order valence-electron chi connectivity index (χ3n) is 5.19. The fourth-order valence-electron chi connectivity index (χ4n) is 3.32. The molecule has 0 aliphatic heterocycles. The SMILES string of the molecule is COc1ccc(NC(=O)CCc2ccc(S(=O)(=O)N[C@@H](C)c3ccccc3)cc2)c(OC)c1. The van der Waals surface area contributed by atoms with Gasteiger partial charge in [0.2, 0.25) is 15.9 Å². The summed E-state index contributed by atoms with van der Waals surface area (Å²) in [6.07, 6.45) is 0.711. The summed E-state index contributed by atoms with van der Waals surface area (Å²) in [7, 11) is -0.581. The molecule has 0 aromatic heterocycles. The maximum atomic E-state index is 12.7. The van der Waals surface area contributed by atoms with E-state index in [1.54, 1.807) is 56.5 Å². The highest BCUT2D eigenvalue weighted by molar-refractivity contribution is 7.89. The van der Waals surface area contributed by atoms with Gasteiger partial charge in [0.1, 0.15) is 11.5 Å². The number of hydrogen-bond acceptors (Lipinski definition) is 5. The summed E-state index contributed by atoms with van der Waals surface area (Å²) in [5.74, 6) is 0.968. The van der Waals surface area contributed by atoms with Crippen LogP contribution in [-0.4, -0.2) is 28.5 Å². The number of carbonyl (C=O) groups is 1. The minimum absolute atomic E-state index is 0.173. The molecule has 174 valence electrons. The van der Waals surface area contributed by atoms with Crippen LogP contribution in [0.1, 0.15) is 30.5 Å². The summed E-state index contributed by atoms with van der Waals surface area (Å²) >= 11 is 0. The maximum Gasteiger partial charge on any atom is 0.241 e. The first kappa shape index (κ1) is 24.3. The quantitative estimate of drug-likeness (QED) is 0.462. The van der Waals surface area contributed by atoms with Crippen molar-refractivity contribution in [2.45, 2.75) is 30.7 Å². The standard InChI is InChI=1S/C25H28N2O5S/c1-18(20-7-5-4-6-8-20)27-33(29,30)22-13-9-19(10-14-22)11-16-25(28)26-23-15-12-21(31-2)17-24(23)32-3/h4-10,12-15,17-18,27H,11,16H2,1-3H3,(H,26,28)/t18-/m0/s1. The van der Waals surface area contributed by atoms with Crippen LogP contribution in [0, 0.1) is 0 Å². The van der Waals surface area contributed by atoms with E-state index in [-0.39, 0.29) is 23.3 Å². The molecule has 33 heavy (non-hydrogen) atoms. The van der Waals surface area contributed by atoms with Crippen molar-refractivity contribution in [3.63, 3.8) is 0 Å². The van der Waals surface area contributed by atoms with Gasteiger partial charge in [-0.1, -0.05) is 42.5 Å². The zero-order valence-corrected chi connectivity index (χ0v) is 19.7. The largest absolute Gasteiger partial charge is 0.497 e. The molecule has 0 saturated carbocycles. The predicted molar refractivity (Wildman–Crippen MR) is 128 cm³/mol. The van der Waals surface area contributed by atoms with E-state index in [1.807, 2.05) is 30.3 Å². The molecule has 0 aliphatic rings. The molecule has 8 heteroatoms. The molecular weight excluding hydrogens is 440 g/mol. The van der Waals surface area contributed by atoms with Crippen LogP contribution in [0.25, 0.3) is 0 Å². The second kappa shape index (κ2) is 11.0. The Labute approximate surface area is 194 Å². The summed E-state index contributed by atoms with van der Waals surface area (Å²) < 4.78 is 38.6. The Hall–Kier alpha value is -3.36. The van der Waals surface area contributed by atoms with Crippen molar-refractivity contribution in [1.82, 2.24) is 4.72 Å². The van der Waals surface area contributed by atoms with Crippen LogP contribution >= 0.6 is 0 Å². The fourth-order valence-corrected chi connectivity index (χ4v) is 4.55. The van der Waals surface area contributed by atoms with Crippen molar-refractivity contribution in [2.75, 3.05) is 19.5 Å². The number of nitrogens with one attached hydrogen (secondary N) is 2. The van der Waals surface area contributed by atoms with Gasteiger partial charge in [-0.3, -0.25) is 4.79 Å². The van der Waals surface area contributed by atoms with Gasteiger partial charge in [0.25, 0.3) is 0 Å². The lowest BCUT2D eigenvalue weighted by atomic mass is 10.1. The van der Waals surface area contributed by atoms with Crippen LogP contribution in [0.2, 0.25) is 0 Å². The lowest BCUT2D eigenvalue weighted by Crippen LogP contribution is -2.26. The first-order valence-electron chi connectivity index (χ1n) is 10.5. The topological polar surface area (TPSA) is 93.7 Å². The average molecular weight is 469 g/mol. The molecule has 1 atom stereocenters. The number of benzene rings is 3. The van der Waals surface area contributed by atoms with Crippen molar-refractivity contribution in [2.24, 2.45) is 0 Å². The maximum absolute atomic E-state index is 12.7. The van der Waals surface area contributed by atoms with Gasteiger partial charge in [0, 0.05) is 18.5 Å². The average Bonchev–Trinajstić information content (AvgIpc) is 2.83. The highest BCUT2D eigenvalue weighted by atomic mass is 32.2. The van der Waals surface area contributed by atoms with E-state index in [4.69, 9.17) is 9.47 Å². The second-order valence-corrected chi connectivity index (χ2v) is 9.23. The van der Waals surface area contributed by atoms with E-state index in [0.29, 0.717) is 23.6 Å². The molecule has 7 nitrogen and oxygen atoms in total. The molecule has 3 aromatic rings. The fraction of sp³-hybridized carbons (Fsp3) is 0.240. The minimum atomic E-state index is -3.66. The third kappa shape index (κ3) is 6.57. The van der Waals surface area contributed by atoms with E-state index < -0.39 is 10.0 Å². The van der Waals surface area contributed by atoms with Crippen molar-refractivity contribution in [3.8, 4) is 11.5 Å². The molecule has 0 heterocycles. The van der Waals surface area contributed by atoms with Crippen molar-refractivity contribution < 1.29 is 22.7 Å². The molecule has 3 aromatic carbocycles. The Kier molecular flexibility index (Phi) is 8.08. The van der Waals surface area contributed by atoms with Crippen molar-refractivity contribution in [1.29, 1.82) is 0 Å². The molecule has 0 bridgehead atoms. The van der Waals surface area contributed by atoms with Gasteiger partial charge in [-0.2, -0.15) is 0 Å². The molecular formula is C25H28N2O5S. The lowest BCUT2D eigenvalue weighted by molar-refractivity contribution is -0.116. The minimum Gasteiger partial charge on any atom is -0.497 e. The van der Waals surface area contributed by atoms with Crippen molar-refractivity contribution >= 4 is 21.6 Å². The smallest absolute Gasteiger partial charge is 0.241 e. The van der Waals surface area contributed by atoms with Crippen LogP contribution in [0.5, 0.6) is 11.5 Å². The first-order chi connectivity index (χ1) is 15.8. The highest BCUT2D eigenvalue weighted by Gasteiger charge is 2.18. The van der Waals surface area contributed by atoms with Crippen LogP contribution in [-0.2, 0) is 21.2 Å². The Bertz CT molecular complexity index is 1180. The van der Waals surface area contributed by atoms with Gasteiger partial charge in [-0.05, 0) is 48.7 Å². The Morgan fingerprint density at radius 1 is 0.939 bits per heavy atom. The van der Waals surface area contributed by atoms with Crippen LogP contribution in [0.15, 0.2) is 77.7 Å². The van der Waals surface area contributed by atoms with E-state index >= 15 is 0 Å². The normalized spacial score (nSPS) is 12.1. The van der Waals surface area contributed by atoms with Gasteiger partial charge in [-0.25, -0.2) is 13.1 Å². The Morgan fingerprint density at radius 2 is 1.64 bits per heavy atom. The monoisotopic (exact) mass is 468 g/mol. The van der Waals surface area contributed by atoms with Gasteiger partial charge < -0.3 is 14.8 Å². The van der Waals surface area contributed by atoms with Gasteiger partial charge >= 0.3 is 0 Å². The van der Waals surface area contributed by atoms with E-state index in [9.17, 15) is 13.2 Å². The molecule has 2 N–H and O–H groups in total. The molecule has 0 radical (unpaired) electrons. The van der Waals surface area contributed by atoms with Gasteiger partial charge in [0.15, 0.2) is 0 Å². The molecule has 3 rings (SSSR count). The van der Waals surface area contributed by atoms with Crippen LogP contribution < -0.4 is 19.5 Å². The number of methoxy groups -OCH3 is 2. The molecule has 0 aliphatic carbocycles. The number of ether oxygens (including phenoxy) is 2. The zero-order valence-electron chi connectivity index (χ0n) is 18.9. The molecule has 0 saturated heterocycles. The van der Waals surface area contributed by atoms with Crippen LogP contribution in [0.4, 0.5) is 5.69 Å². The number of aryl methyl sites for hydroxylation is 1. The Morgan fingerprint density at radius 3 is 2.27 bits per heavy atom. The molecule has 0 unspecified atom stereocenters.